The molecule has 2 aromatic rings. The zero-order chi connectivity index (χ0) is 16.1. The van der Waals surface area contributed by atoms with Crippen molar-refractivity contribution in [2.45, 2.75) is 47.0 Å². The van der Waals surface area contributed by atoms with Crippen molar-refractivity contribution in [1.82, 2.24) is 4.98 Å². The minimum atomic E-state index is -0.306. The monoisotopic (exact) mass is 317 g/mol. The highest BCUT2D eigenvalue weighted by Gasteiger charge is 2.22. The minimum Gasteiger partial charge on any atom is -0.461 e. The number of fused-ring (bicyclic) bond motifs is 3. The van der Waals surface area contributed by atoms with E-state index >= 15 is 0 Å². The molecule has 0 saturated heterocycles. The number of hydrogen-bond acceptors (Lipinski definition) is 4. The fourth-order valence-electron chi connectivity index (χ4n) is 2.58. The van der Waals surface area contributed by atoms with Crippen molar-refractivity contribution in [3.8, 4) is 10.4 Å². The van der Waals surface area contributed by atoms with E-state index in [1.54, 1.807) is 0 Å². The maximum absolute atomic E-state index is 11.9. The van der Waals surface area contributed by atoms with Gasteiger partial charge in [0.15, 0.2) is 0 Å². The molecule has 0 unspecified atom stereocenters. The number of thiazole rings is 1. The molecule has 0 N–H and O–H groups in total. The zero-order valence-electron chi connectivity index (χ0n) is 13.7. The number of ether oxygens (including phenoxy) is 1. The van der Waals surface area contributed by atoms with Crippen LogP contribution >= 0.6 is 11.3 Å². The molecule has 22 heavy (non-hydrogen) atoms. The highest BCUT2D eigenvalue weighted by Crippen LogP contribution is 2.37. The summed E-state index contributed by atoms with van der Waals surface area (Å²) in [4.78, 5) is 17.5. The third-order valence-corrected chi connectivity index (χ3v) is 4.63. The van der Waals surface area contributed by atoms with Crippen LogP contribution in [0.1, 0.15) is 53.8 Å². The molecule has 1 aromatic heterocycles. The van der Waals surface area contributed by atoms with E-state index in [0.717, 1.165) is 29.8 Å². The van der Waals surface area contributed by atoms with Crippen molar-refractivity contribution < 1.29 is 9.53 Å². The smallest absolute Gasteiger partial charge is 0.367 e. The fraction of sp³-hybridized carbons (Fsp3) is 0.444. The SMILES string of the molecule is CC.CCOC(=O)c1nc2c(s1)-c1cc(C)ccc1CCC2. The lowest BCUT2D eigenvalue weighted by atomic mass is 10.0. The molecule has 4 heteroatoms. The number of esters is 1. The van der Waals surface area contributed by atoms with Gasteiger partial charge in [0.2, 0.25) is 5.01 Å². The van der Waals surface area contributed by atoms with E-state index in [1.807, 2.05) is 20.8 Å². The van der Waals surface area contributed by atoms with Gasteiger partial charge in [-0.2, -0.15) is 0 Å². The molecule has 0 spiro atoms. The summed E-state index contributed by atoms with van der Waals surface area (Å²) in [7, 11) is 0. The Morgan fingerprint density at radius 1 is 1.32 bits per heavy atom. The fourth-order valence-corrected chi connectivity index (χ4v) is 3.63. The molecule has 0 amide bonds. The molecule has 0 saturated carbocycles. The number of aryl methyl sites for hydroxylation is 3. The molecule has 0 atom stereocenters. The lowest BCUT2D eigenvalue weighted by Gasteiger charge is -2.06. The van der Waals surface area contributed by atoms with E-state index in [0.29, 0.717) is 11.6 Å². The molecule has 0 aliphatic heterocycles. The molecule has 118 valence electrons. The zero-order valence-corrected chi connectivity index (χ0v) is 14.5. The molecule has 1 aromatic carbocycles. The summed E-state index contributed by atoms with van der Waals surface area (Å²) >= 11 is 1.46. The first-order valence-electron chi connectivity index (χ1n) is 7.95. The second kappa shape index (κ2) is 7.54. The number of aromatic nitrogens is 1. The van der Waals surface area contributed by atoms with Gasteiger partial charge in [-0.15, -0.1) is 11.3 Å². The van der Waals surface area contributed by atoms with Crippen LogP contribution in [-0.4, -0.2) is 17.6 Å². The summed E-state index contributed by atoms with van der Waals surface area (Å²) < 4.78 is 5.06. The summed E-state index contributed by atoms with van der Waals surface area (Å²) in [5.74, 6) is -0.306. The Morgan fingerprint density at radius 3 is 2.82 bits per heavy atom. The lowest BCUT2D eigenvalue weighted by molar-refractivity contribution is 0.0525. The van der Waals surface area contributed by atoms with Gasteiger partial charge in [-0.05, 0) is 44.2 Å². The standard InChI is InChI=1S/C16H17NO2S.C2H6/c1-3-19-16(18)15-17-13-6-4-5-11-8-7-10(2)9-12(11)14(13)20-15;1-2/h7-9H,3-6H2,1-2H3;1-2H3. The molecule has 1 heterocycles. The van der Waals surface area contributed by atoms with Crippen molar-refractivity contribution >= 4 is 17.3 Å². The maximum atomic E-state index is 11.9. The summed E-state index contributed by atoms with van der Waals surface area (Å²) in [6.07, 6.45) is 3.08. The van der Waals surface area contributed by atoms with Crippen LogP contribution in [0.15, 0.2) is 18.2 Å². The van der Waals surface area contributed by atoms with Gasteiger partial charge < -0.3 is 4.74 Å². The number of nitrogens with zero attached hydrogens (tertiary/aromatic N) is 1. The van der Waals surface area contributed by atoms with Gasteiger partial charge in [-0.3, -0.25) is 0 Å². The molecule has 1 aliphatic rings. The Hall–Kier alpha value is -1.68. The molecule has 3 rings (SSSR count). The average molecular weight is 317 g/mol. The molecule has 0 fully saturated rings. The van der Waals surface area contributed by atoms with E-state index in [9.17, 15) is 4.79 Å². The Kier molecular flexibility index (Phi) is 5.72. The first-order valence-corrected chi connectivity index (χ1v) is 8.77. The Labute approximate surface area is 136 Å². The number of hydrogen-bond donors (Lipinski definition) is 0. The van der Waals surface area contributed by atoms with E-state index in [2.05, 4.69) is 30.1 Å². The van der Waals surface area contributed by atoms with Crippen LogP contribution in [0, 0.1) is 6.92 Å². The highest BCUT2D eigenvalue weighted by molar-refractivity contribution is 7.17. The normalized spacial score (nSPS) is 12.4. The van der Waals surface area contributed by atoms with Gasteiger partial charge in [-0.1, -0.05) is 37.6 Å². The quantitative estimate of drug-likeness (QED) is 0.746. The topological polar surface area (TPSA) is 39.2 Å². The summed E-state index contributed by atoms with van der Waals surface area (Å²) in [6.45, 7) is 8.30. The molecule has 1 aliphatic carbocycles. The Morgan fingerprint density at radius 2 is 2.09 bits per heavy atom. The highest BCUT2D eigenvalue weighted by atomic mass is 32.1. The summed E-state index contributed by atoms with van der Waals surface area (Å²) in [6, 6.07) is 6.55. The van der Waals surface area contributed by atoms with Gasteiger partial charge in [0.1, 0.15) is 0 Å². The average Bonchev–Trinajstić information content (AvgIpc) is 2.88. The van der Waals surface area contributed by atoms with Crippen LogP contribution in [-0.2, 0) is 17.6 Å². The third kappa shape index (κ3) is 3.38. The van der Waals surface area contributed by atoms with Crippen molar-refractivity contribution in [3.63, 3.8) is 0 Å². The van der Waals surface area contributed by atoms with Crippen molar-refractivity contribution in [2.75, 3.05) is 6.61 Å². The Bertz CT molecular complexity index is 661. The first-order chi connectivity index (χ1) is 10.7. The van der Waals surface area contributed by atoms with Gasteiger partial charge in [0.05, 0.1) is 17.2 Å². The van der Waals surface area contributed by atoms with Gasteiger partial charge in [-0.25, -0.2) is 9.78 Å². The third-order valence-electron chi connectivity index (χ3n) is 3.52. The van der Waals surface area contributed by atoms with Crippen molar-refractivity contribution in [3.05, 3.63) is 40.0 Å². The van der Waals surface area contributed by atoms with Crippen LogP contribution < -0.4 is 0 Å². The molecular formula is C18H23NO2S. The lowest BCUT2D eigenvalue weighted by Crippen LogP contribution is -2.04. The number of rotatable bonds is 2. The number of carbonyl (C=O) groups excluding carboxylic acids is 1. The van der Waals surface area contributed by atoms with E-state index in [4.69, 9.17) is 4.74 Å². The molecule has 0 radical (unpaired) electrons. The van der Waals surface area contributed by atoms with Crippen LogP contribution in [0.4, 0.5) is 0 Å². The second-order valence-corrected chi connectivity index (χ2v) is 6.03. The largest absolute Gasteiger partial charge is 0.461 e. The molecule has 0 bridgehead atoms. The van der Waals surface area contributed by atoms with Gasteiger partial charge >= 0.3 is 5.97 Å². The second-order valence-electron chi connectivity index (χ2n) is 5.03. The van der Waals surface area contributed by atoms with Crippen LogP contribution in [0.3, 0.4) is 0 Å². The maximum Gasteiger partial charge on any atom is 0.367 e. The van der Waals surface area contributed by atoms with Crippen LogP contribution in [0.25, 0.3) is 10.4 Å². The number of carbonyl (C=O) groups is 1. The minimum absolute atomic E-state index is 0.306. The van der Waals surface area contributed by atoms with Crippen molar-refractivity contribution in [1.29, 1.82) is 0 Å². The molecular weight excluding hydrogens is 294 g/mol. The molecule has 3 nitrogen and oxygen atoms in total. The first kappa shape index (κ1) is 16.7. The summed E-state index contributed by atoms with van der Waals surface area (Å²) in [5, 5.41) is 0.478. The Balaban J connectivity index is 0.000000847. The van der Waals surface area contributed by atoms with E-state index < -0.39 is 0 Å². The van der Waals surface area contributed by atoms with E-state index in [1.165, 1.54) is 28.0 Å². The summed E-state index contributed by atoms with van der Waals surface area (Å²) in [5.41, 5.74) is 4.88. The van der Waals surface area contributed by atoms with Gasteiger partial charge in [0.25, 0.3) is 0 Å². The number of benzene rings is 1. The van der Waals surface area contributed by atoms with Crippen LogP contribution in [0.5, 0.6) is 0 Å². The van der Waals surface area contributed by atoms with Gasteiger partial charge in [0, 0.05) is 0 Å². The van der Waals surface area contributed by atoms with Crippen LogP contribution in [0.2, 0.25) is 0 Å². The van der Waals surface area contributed by atoms with E-state index in [-0.39, 0.29) is 5.97 Å². The van der Waals surface area contributed by atoms with Crippen molar-refractivity contribution in [2.24, 2.45) is 0 Å². The predicted molar refractivity (Wildman–Crippen MR) is 91.6 cm³/mol. The predicted octanol–water partition coefficient (Wildman–Crippen LogP) is 4.81.